The molecule has 0 N–H and O–H groups in total. The van der Waals surface area contributed by atoms with Gasteiger partial charge in [0.15, 0.2) is 5.78 Å². The number of hydrogen-bond donors (Lipinski definition) is 0. The number of likely N-dealkylation sites (N-methyl/N-ethyl adjacent to an activating group) is 1. The maximum absolute atomic E-state index is 13.9. The Morgan fingerprint density at radius 1 is 1.00 bits per heavy atom. The van der Waals surface area contributed by atoms with Crippen LogP contribution in [0.1, 0.15) is 74.2 Å². The van der Waals surface area contributed by atoms with Gasteiger partial charge in [0.05, 0.1) is 6.04 Å². The van der Waals surface area contributed by atoms with Gasteiger partial charge in [0, 0.05) is 49.6 Å². The predicted molar refractivity (Wildman–Crippen MR) is 158 cm³/mol. The number of rotatable bonds is 13. The molecule has 0 saturated heterocycles. The van der Waals surface area contributed by atoms with Gasteiger partial charge in [-0.05, 0) is 99.5 Å². The fourth-order valence-electron chi connectivity index (χ4n) is 5.26. The lowest BCUT2D eigenvalue weighted by molar-refractivity contribution is -0.123. The molecular formula is C33H43N3O3. The number of aryl methyl sites for hydroxylation is 2. The van der Waals surface area contributed by atoms with E-state index in [1.807, 2.05) is 32.4 Å². The normalized spacial score (nSPS) is 13.1. The summed E-state index contributed by atoms with van der Waals surface area (Å²) in [6.07, 6.45) is 7.12. The van der Waals surface area contributed by atoms with Crippen LogP contribution in [0, 0.1) is 19.8 Å². The molecular weight excluding hydrogens is 486 g/mol. The summed E-state index contributed by atoms with van der Waals surface area (Å²) >= 11 is 0. The lowest BCUT2D eigenvalue weighted by atomic mass is 9.85. The van der Waals surface area contributed by atoms with Crippen LogP contribution in [0.25, 0.3) is 11.1 Å². The van der Waals surface area contributed by atoms with Crippen LogP contribution >= 0.6 is 0 Å². The first-order valence-electron chi connectivity index (χ1n) is 13.9. The van der Waals surface area contributed by atoms with Crippen molar-refractivity contribution in [3.05, 3.63) is 87.6 Å². The first-order chi connectivity index (χ1) is 18.5. The Balaban J connectivity index is 1.94. The number of carbonyl (C=O) groups is 2. The molecule has 0 aliphatic heterocycles. The highest BCUT2D eigenvalue weighted by atomic mass is 16.1. The number of carbonyl (C=O) groups excluding carboxylic acids is 2. The minimum Gasteiger partial charge on any atom is -0.309 e. The molecule has 2 heterocycles. The number of benzene rings is 1. The number of hydrogen-bond acceptors (Lipinski definition) is 5. The maximum Gasteiger partial charge on any atom is 0.251 e. The van der Waals surface area contributed by atoms with E-state index in [0.717, 1.165) is 46.3 Å². The minimum atomic E-state index is -0.579. The first-order valence-corrected chi connectivity index (χ1v) is 13.9. The standard InChI is InChI=1S/C33H43N3O3/c1-22(2)15-30(36-14-12-26(17-32(36)39)11-13-35(6)7)31(38)19-27(16-25(5)37)28-18-29(21-34-20-28)33-23(3)9-8-10-24(33)4/h8-10,12,14,17-18,20-22,27,30H,11,13,15-16,19H2,1-7H3/t27-,30+/m1/s1. The van der Waals surface area contributed by atoms with Crippen LogP contribution in [0.2, 0.25) is 0 Å². The summed E-state index contributed by atoms with van der Waals surface area (Å²) in [6, 6.07) is 11.3. The fourth-order valence-corrected chi connectivity index (χ4v) is 5.26. The Morgan fingerprint density at radius 3 is 2.28 bits per heavy atom. The molecule has 3 rings (SSSR count). The molecule has 0 aliphatic carbocycles. The average molecular weight is 530 g/mol. The van der Waals surface area contributed by atoms with E-state index in [4.69, 9.17) is 0 Å². The zero-order chi connectivity index (χ0) is 28.7. The third-order valence-corrected chi connectivity index (χ3v) is 7.24. The number of nitrogens with zero attached hydrogens (tertiary/aromatic N) is 3. The predicted octanol–water partition coefficient (Wildman–Crippen LogP) is 5.94. The van der Waals surface area contributed by atoms with Crippen molar-refractivity contribution >= 4 is 11.6 Å². The summed E-state index contributed by atoms with van der Waals surface area (Å²) in [6.45, 7) is 10.7. The van der Waals surface area contributed by atoms with Gasteiger partial charge >= 0.3 is 0 Å². The van der Waals surface area contributed by atoms with Gasteiger partial charge in [0.1, 0.15) is 5.78 Å². The second-order valence-corrected chi connectivity index (χ2v) is 11.5. The van der Waals surface area contributed by atoms with Crippen molar-refractivity contribution in [2.45, 2.75) is 72.3 Å². The second kappa shape index (κ2) is 13.6. The van der Waals surface area contributed by atoms with Crippen LogP contribution in [0.5, 0.6) is 0 Å². The molecule has 0 fully saturated rings. The summed E-state index contributed by atoms with van der Waals surface area (Å²) in [5.41, 5.74) is 6.08. The average Bonchev–Trinajstić information content (AvgIpc) is 2.85. The summed E-state index contributed by atoms with van der Waals surface area (Å²) in [5, 5.41) is 0. The van der Waals surface area contributed by atoms with Crippen molar-refractivity contribution in [1.29, 1.82) is 0 Å². The SMILES string of the molecule is CC(=O)C[C@H](CC(=O)[C@H](CC(C)C)n1ccc(CCN(C)C)cc1=O)c1cncc(-c2c(C)cccc2C)c1. The van der Waals surface area contributed by atoms with E-state index >= 15 is 0 Å². The van der Waals surface area contributed by atoms with Gasteiger partial charge < -0.3 is 14.3 Å². The van der Waals surface area contributed by atoms with Gasteiger partial charge in [-0.15, -0.1) is 0 Å². The van der Waals surface area contributed by atoms with E-state index in [1.54, 1.807) is 30.0 Å². The highest BCUT2D eigenvalue weighted by Crippen LogP contribution is 2.33. The van der Waals surface area contributed by atoms with Crippen molar-refractivity contribution in [2.24, 2.45) is 5.92 Å². The maximum atomic E-state index is 13.9. The Labute approximate surface area is 233 Å². The fraction of sp³-hybridized carbons (Fsp3) is 0.455. The van der Waals surface area contributed by atoms with Crippen LogP contribution in [-0.4, -0.2) is 46.7 Å². The summed E-state index contributed by atoms with van der Waals surface area (Å²) in [7, 11) is 4.01. The van der Waals surface area contributed by atoms with Crippen LogP contribution < -0.4 is 5.56 Å². The van der Waals surface area contributed by atoms with E-state index in [9.17, 15) is 14.4 Å². The van der Waals surface area contributed by atoms with Crippen molar-refractivity contribution in [2.75, 3.05) is 20.6 Å². The molecule has 1 aromatic carbocycles. The Hall–Kier alpha value is -3.38. The number of aromatic nitrogens is 2. The summed E-state index contributed by atoms with van der Waals surface area (Å²) in [5.74, 6) is -0.0975. The van der Waals surface area contributed by atoms with Crippen LogP contribution in [0.3, 0.4) is 0 Å². The third kappa shape index (κ3) is 8.30. The van der Waals surface area contributed by atoms with Crippen molar-refractivity contribution in [3.63, 3.8) is 0 Å². The van der Waals surface area contributed by atoms with E-state index in [2.05, 4.69) is 55.8 Å². The molecule has 6 nitrogen and oxygen atoms in total. The van der Waals surface area contributed by atoms with Crippen molar-refractivity contribution < 1.29 is 9.59 Å². The lowest BCUT2D eigenvalue weighted by Gasteiger charge is -2.24. The molecule has 0 unspecified atom stereocenters. The molecule has 0 spiro atoms. The van der Waals surface area contributed by atoms with Gasteiger partial charge in [0.25, 0.3) is 5.56 Å². The lowest BCUT2D eigenvalue weighted by Crippen LogP contribution is -2.31. The molecule has 208 valence electrons. The minimum absolute atomic E-state index is 0.0214. The monoisotopic (exact) mass is 529 g/mol. The number of ketones is 2. The topological polar surface area (TPSA) is 72.3 Å². The molecule has 0 saturated carbocycles. The van der Waals surface area contributed by atoms with E-state index in [-0.39, 0.29) is 41.8 Å². The van der Waals surface area contributed by atoms with Gasteiger partial charge in [0.2, 0.25) is 0 Å². The van der Waals surface area contributed by atoms with Crippen LogP contribution in [0.15, 0.2) is 59.8 Å². The van der Waals surface area contributed by atoms with Gasteiger partial charge in [-0.25, -0.2) is 0 Å². The van der Waals surface area contributed by atoms with Gasteiger partial charge in [-0.1, -0.05) is 32.0 Å². The molecule has 0 radical (unpaired) electrons. The van der Waals surface area contributed by atoms with Gasteiger partial charge in [-0.3, -0.25) is 14.6 Å². The zero-order valence-corrected chi connectivity index (χ0v) is 24.5. The molecule has 0 aliphatic rings. The van der Waals surface area contributed by atoms with Crippen molar-refractivity contribution in [3.8, 4) is 11.1 Å². The van der Waals surface area contributed by atoms with Crippen LogP contribution in [-0.2, 0) is 16.0 Å². The molecule has 0 bridgehead atoms. The molecule has 2 atom stereocenters. The van der Waals surface area contributed by atoms with E-state index in [0.29, 0.717) is 6.42 Å². The Kier molecular flexibility index (Phi) is 10.5. The number of pyridine rings is 2. The van der Waals surface area contributed by atoms with Gasteiger partial charge in [-0.2, -0.15) is 0 Å². The highest BCUT2D eigenvalue weighted by molar-refractivity contribution is 5.85. The second-order valence-electron chi connectivity index (χ2n) is 11.5. The van der Waals surface area contributed by atoms with Crippen LogP contribution in [0.4, 0.5) is 0 Å². The quantitative estimate of drug-likeness (QED) is 0.274. The molecule has 2 aromatic heterocycles. The highest BCUT2D eigenvalue weighted by Gasteiger charge is 2.27. The molecule has 3 aromatic rings. The summed E-state index contributed by atoms with van der Waals surface area (Å²) in [4.78, 5) is 45.9. The third-order valence-electron chi connectivity index (χ3n) is 7.24. The largest absolute Gasteiger partial charge is 0.309 e. The summed E-state index contributed by atoms with van der Waals surface area (Å²) < 4.78 is 1.58. The van der Waals surface area contributed by atoms with Crippen molar-refractivity contribution in [1.82, 2.24) is 14.5 Å². The molecule has 6 heteroatoms. The molecule has 0 amide bonds. The smallest absolute Gasteiger partial charge is 0.251 e. The first kappa shape index (κ1) is 30.2. The Bertz CT molecular complexity index is 1340. The number of Topliss-reactive ketones (excluding diaryl/α,β-unsaturated/α-hetero) is 2. The van der Waals surface area contributed by atoms with E-state index in [1.165, 1.54) is 0 Å². The Morgan fingerprint density at radius 2 is 1.69 bits per heavy atom. The zero-order valence-electron chi connectivity index (χ0n) is 24.5. The van der Waals surface area contributed by atoms with E-state index < -0.39 is 6.04 Å². The molecule has 39 heavy (non-hydrogen) atoms.